The Morgan fingerprint density at radius 3 is 2.57 bits per heavy atom. The Balaban J connectivity index is 1.51. The second-order valence-electron chi connectivity index (χ2n) is 7.50. The molecule has 0 atom stereocenters. The van der Waals surface area contributed by atoms with Crippen LogP contribution < -0.4 is 10.6 Å². The molecule has 1 spiro atoms. The van der Waals surface area contributed by atoms with Crippen molar-refractivity contribution in [3.8, 4) is 0 Å². The number of amides is 4. The van der Waals surface area contributed by atoms with Crippen LogP contribution in [0, 0.1) is 0 Å². The molecule has 2 aliphatic rings. The number of likely N-dealkylation sites (N-methyl/N-ethyl adjacent to an activating group) is 1. The van der Waals surface area contributed by atoms with Gasteiger partial charge in [-0.1, -0.05) is 19.3 Å². The van der Waals surface area contributed by atoms with Crippen LogP contribution in [-0.2, 0) is 15.8 Å². The lowest BCUT2D eigenvalue weighted by Gasteiger charge is -2.35. The van der Waals surface area contributed by atoms with E-state index < -0.39 is 35.8 Å². The van der Waals surface area contributed by atoms with Crippen LogP contribution >= 0.6 is 0 Å². The van der Waals surface area contributed by atoms with Gasteiger partial charge in [-0.05, 0) is 25.0 Å². The summed E-state index contributed by atoms with van der Waals surface area (Å²) in [4.78, 5) is 43.6. The van der Waals surface area contributed by atoms with Crippen molar-refractivity contribution in [1.29, 1.82) is 0 Å². The van der Waals surface area contributed by atoms with E-state index in [2.05, 4.69) is 15.6 Å². The van der Waals surface area contributed by atoms with E-state index >= 15 is 0 Å². The van der Waals surface area contributed by atoms with Crippen molar-refractivity contribution in [1.82, 2.24) is 20.1 Å². The number of alkyl halides is 3. The predicted octanol–water partition coefficient (Wildman–Crippen LogP) is 2.23. The molecule has 4 amide bonds. The Labute approximate surface area is 171 Å². The molecular weight excluding hydrogens is 403 g/mol. The number of carbonyl (C=O) groups is 3. The average molecular weight is 427 g/mol. The molecule has 0 bridgehead atoms. The minimum absolute atomic E-state index is 0.00241. The van der Waals surface area contributed by atoms with E-state index in [1.54, 1.807) is 7.05 Å². The number of hydrogen-bond donors (Lipinski definition) is 2. The van der Waals surface area contributed by atoms with Gasteiger partial charge in [-0.2, -0.15) is 13.2 Å². The fraction of sp³-hybridized carbons (Fsp3) is 0.579. The van der Waals surface area contributed by atoms with Gasteiger partial charge in [0.25, 0.3) is 5.91 Å². The van der Waals surface area contributed by atoms with Crippen molar-refractivity contribution in [2.45, 2.75) is 43.8 Å². The zero-order valence-electron chi connectivity index (χ0n) is 16.6. The van der Waals surface area contributed by atoms with Crippen molar-refractivity contribution >= 4 is 23.7 Å². The fourth-order valence-corrected chi connectivity index (χ4v) is 4.03. The van der Waals surface area contributed by atoms with Crippen molar-refractivity contribution in [2.75, 3.05) is 32.0 Å². The minimum atomic E-state index is -4.54. The van der Waals surface area contributed by atoms with Gasteiger partial charge in [0.1, 0.15) is 17.9 Å². The largest absolute Gasteiger partial charge is 0.419 e. The topological polar surface area (TPSA) is 94.6 Å². The zero-order chi connectivity index (χ0) is 21.9. The molecule has 8 nitrogen and oxygen atoms in total. The predicted molar refractivity (Wildman–Crippen MR) is 101 cm³/mol. The number of hydrogen-bond acceptors (Lipinski definition) is 5. The Morgan fingerprint density at radius 2 is 1.90 bits per heavy atom. The van der Waals surface area contributed by atoms with Crippen LogP contribution in [0.15, 0.2) is 18.3 Å². The second-order valence-corrected chi connectivity index (χ2v) is 7.50. The lowest BCUT2D eigenvalue weighted by Crippen LogP contribution is -2.49. The van der Waals surface area contributed by atoms with Crippen molar-refractivity contribution in [3.63, 3.8) is 0 Å². The van der Waals surface area contributed by atoms with Crippen molar-refractivity contribution in [3.05, 3.63) is 23.9 Å². The molecule has 2 N–H and O–H groups in total. The van der Waals surface area contributed by atoms with Crippen molar-refractivity contribution < 1.29 is 27.6 Å². The summed E-state index contributed by atoms with van der Waals surface area (Å²) in [7, 11) is 1.58. The summed E-state index contributed by atoms with van der Waals surface area (Å²) in [5, 5.41) is 5.05. The monoisotopic (exact) mass is 427 g/mol. The van der Waals surface area contributed by atoms with Gasteiger partial charge in [0, 0.05) is 26.3 Å². The van der Waals surface area contributed by atoms with Crippen LogP contribution in [-0.4, -0.2) is 64.9 Å². The molecule has 1 saturated carbocycles. The molecule has 0 unspecified atom stereocenters. The third-order valence-corrected chi connectivity index (χ3v) is 5.64. The third kappa shape index (κ3) is 4.19. The number of aromatic nitrogens is 1. The summed E-state index contributed by atoms with van der Waals surface area (Å²) in [6, 6.07) is 1.60. The number of anilines is 1. The van der Waals surface area contributed by atoms with Gasteiger partial charge >= 0.3 is 12.2 Å². The summed E-state index contributed by atoms with van der Waals surface area (Å²) in [6.45, 7) is -0.414. The highest BCUT2D eigenvalue weighted by Crippen LogP contribution is 2.39. The molecule has 1 aliphatic carbocycles. The van der Waals surface area contributed by atoms with Crippen LogP contribution in [0.1, 0.15) is 37.7 Å². The number of halogens is 3. The van der Waals surface area contributed by atoms with Gasteiger partial charge in [0.2, 0.25) is 5.91 Å². The zero-order valence-corrected chi connectivity index (χ0v) is 16.6. The fourth-order valence-electron chi connectivity index (χ4n) is 4.03. The van der Waals surface area contributed by atoms with E-state index in [1.165, 1.54) is 17.2 Å². The highest BCUT2D eigenvalue weighted by molar-refractivity contribution is 6.08. The number of carbonyl (C=O) groups excluding carboxylic acids is 3. The first-order valence-electron chi connectivity index (χ1n) is 9.79. The first kappa shape index (κ1) is 21.8. The quantitative estimate of drug-likeness (QED) is 0.536. The standard InChI is InChI=1S/C19H24F3N5O3/c1-26-17(30)27(16(29)18(26)7-3-2-4-8-18)12-14(28)23-10-11-25-15-13(19(20,21)22)6-5-9-24-15/h5-6,9H,2-4,7-8,10-12H2,1H3,(H,23,28)(H,24,25). The summed E-state index contributed by atoms with van der Waals surface area (Å²) in [6.07, 6.45) is 0.571. The molecule has 164 valence electrons. The molecule has 1 saturated heterocycles. The van der Waals surface area contributed by atoms with E-state index in [-0.39, 0.29) is 24.8 Å². The number of imide groups is 1. The highest BCUT2D eigenvalue weighted by atomic mass is 19.4. The summed E-state index contributed by atoms with van der Waals surface area (Å²) >= 11 is 0. The normalized spacial score (nSPS) is 18.8. The van der Waals surface area contributed by atoms with E-state index in [4.69, 9.17) is 0 Å². The number of pyridine rings is 1. The summed E-state index contributed by atoms with van der Waals surface area (Å²) in [5.74, 6) is -1.24. The number of nitrogens with zero attached hydrogens (tertiary/aromatic N) is 3. The van der Waals surface area contributed by atoms with E-state index in [0.717, 1.165) is 30.2 Å². The smallest absolute Gasteiger partial charge is 0.368 e. The molecule has 2 heterocycles. The van der Waals surface area contributed by atoms with Crippen LogP contribution in [0.5, 0.6) is 0 Å². The molecule has 2 fully saturated rings. The molecule has 1 aromatic rings. The van der Waals surface area contributed by atoms with Gasteiger partial charge in [-0.15, -0.1) is 0 Å². The average Bonchev–Trinajstić information content (AvgIpc) is 2.88. The van der Waals surface area contributed by atoms with Crippen LogP contribution in [0.4, 0.5) is 23.8 Å². The Bertz CT molecular complexity index is 824. The molecule has 30 heavy (non-hydrogen) atoms. The van der Waals surface area contributed by atoms with Crippen LogP contribution in [0.25, 0.3) is 0 Å². The second kappa shape index (κ2) is 8.49. The van der Waals surface area contributed by atoms with Crippen LogP contribution in [0.3, 0.4) is 0 Å². The van der Waals surface area contributed by atoms with E-state index in [1.807, 2.05) is 0 Å². The van der Waals surface area contributed by atoms with Crippen LogP contribution in [0.2, 0.25) is 0 Å². The van der Waals surface area contributed by atoms with Gasteiger partial charge in [-0.25, -0.2) is 9.78 Å². The van der Waals surface area contributed by atoms with Gasteiger partial charge < -0.3 is 15.5 Å². The number of rotatable bonds is 6. The van der Waals surface area contributed by atoms with E-state index in [9.17, 15) is 27.6 Å². The van der Waals surface area contributed by atoms with E-state index in [0.29, 0.717) is 12.8 Å². The Hall–Kier alpha value is -2.85. The third-order valence-electron chi connectivity index (χ3n) is 5.64. The number of nitrogens with one attached hydrogen (secondary N) is 2. The first-order valence-corrected chi connectivity index (χ1v) is 9.79. The lowest BCUT2D eigenvalue weighted by atomic mass is 9.81. The molecule has 0 aromatic carbocycles. The van der Waals surface area contributed by atoms with Gasteiger partial charge in [-0.3, -0.25) is 14.5 Å². The highest BCUT2D eigenvalue weighted by Gasteiger charge is 2.55. The maximum atomic E-state index is 12.9. The Morgan fingerprint density at radius 1 is 1.20 bits per heavy atom. The number of urea groups is 1. The molecular formula is C19H24F3N5O3. The summed E-state index contributed by atoms with van der Waals surface area (Å²) in [5.41, 5.74) is -1.75. The lowest BCUT2D eigenvalue weighted by molar-refractivity contribution is -0.137. The van der Waals surface area contributed by atoms with Gasteiger partial charge in [0.05, 0.1) is 5.56 Å². The molecule has 1 aliphatic heterocycles. The molecule has 11 heteroatoms. The Kier molecular flexibility index (Phi) is 6.18. The van der Waals surface area contributed by atoms with Crippen molar-refractivity contribution in [2.24, 2.45) is 0 Å². The van der Waals surface area contributed by atoms with Gasteiger partial charge in [0.15, 0.2) is 0 Å². The molecule has 1 aromatic heterocycles. The maximum Gasteiger partial charge on any atom is 0.419 e. The maximum absolute atomic E-state index is 12.9. The minimum Gasteiger partial charge on any atom is -0.368 e. The summed E-state index contributed by atoms with van der Waals surface area (Å²) < 4.78 is 38.8. The first-order chi connectivity index (χ1) is 14.2. The molecule has 3 rings (SSSR count). The molecule has 0 radical (unpaired) electrons. The SMILES string of the molecule is CN1C(=O)N(CC(=O)NCCNc2ncccc2C(F)(F)F)C(=O)C12CCCCC2.